The number of nitro benzene ring substituents is 2. The highest BCUT2D eigenvalue weighted by atomic mass is 19.4. The molecule has 12 heteroatoms. The Morgan fingerprint density at radius 1 is 0.818 bits per heavy atom. The third kappa shape index (κ3) is 3.89. The summed E-state index contributed by atoms with van der Waals surface area (Å²) in [6.45, 7) is 0. The lowest BCUT2D eigenvalue weighted by atomic mass is 10.1. The van der Waals surface area contributed by atoms with Gasteiger partial charge in [-0.1, -0.05) is 0 Å². The van der Waals surface area contributed by atoms with E-state index in [1.54, 1.807) is 0 Å². The number of carboxylic acid groups (broad SMARTS) is 1. The van der Waals surface area contributed by atoms with Crippen LogP contribution >= 0.6 is 0 Å². The molecule has 0 bridgehead atoms. The van der Waals surface area contributed by atoms with Crippen LogP contribution in [0.25, 0.3) is 11.1 Å². The molecule has 3 aromatic rings. The van der Waals surface area contributed by atoms with Gasteiger partial charge in [-0.2, -0.15) is 13.2 Å². The van der Waals surface area contributed by atoms with E-state index < -0.39 is 33.1 Å². The Hall–Kier alpha value is -4.61. The van der Waals surface area contributed by atoms with E-state index in [2.05, 4.69) is 4.99 Å². The molecule has 0 fully saturated rings. The highest BCUT2D eigenvalue weighted by Crippen LogP contribution is 2.42. The van der Waals surface area contributed by atoms with Gasteiger partial charge in [0.2, 0.25) is 0 Å². The van der Waals surface area contributed by atoms with Gasteiger partial charge < -0.3 is 5.11 Å². The second kappa shape index (κ2) is 7.51. The molecule has 1 N–H and O–H groups in total. The number of carbonyl (C=O) groups is 1. The minimum atomic E-state index is -4.86. The zero-order valence-corrected chi connectivity index (χ0v) is 16.2. The normalized spacial score (nSPS) is 12.2. The zero-order chi connectivity index (χ0) is 24.1. The Balaban J connectivity index is 2.01. The maximum atomic E-state index is 13.3. The molecule has 0 saturated carbocycles. The van der Waals surface area contributed by atoms with Crippen LogP contribution in [0.2, 0.25) is 0 Å². The Morgan fingerprint density at radius 3 is 1.76 bits per heavy atom. The van der Waals surface area contributed by atoms with Crippen molar-refractivity contribution in [1.82, 2.24) is 0 Å². The van der Waals surface area contributed by atoms with Gasteiger partial charge in [0.25, 0.3) is 11.4 Å². The summed E-state index contributed by atoms with van der Waals surface area (Å²) in [5, 5.41) is 31.7. The van der Waals surface area contributed by atoms with Gasteiger partial charge in [0.1, 0.15) is 0 Å². The first-order valence-electron chi connectivity index (χ1n) is 9.08. The smallest absolute Gasteiger partial charge is 0.416 e. The van der Waals surface area contributed by atoms with Crippen molar-refractivity contribution in [3.05, 3.63) is 97.1 Å². The topological polar surface area (TPSA) is 136 Å². The summed E-state index contributed by atoms with van der Waals surface area (Å²) in [5.74, 6) is -1.61. The Morgan fingerprint density at radius 2 is 1.33 bits per heavy atom. The SMILES string of the molecule is O=C(O)c1cc(N=C2c3cc([N+](=O)[O-])ccc3-c3ccc([N+](=O)[O-])cc32)cc(C(F)(F)F)c1. The van der Waals surface area contributed by atoms with Gasteiger partial charge >= 0.3 is 12.1 Å². The Bertz CT molecular complexity index is 1330. The van der Waals surface area contributed by atoms with Crippen molar-refractivity contribution in [2.24, 2.45) is 4.99 Å². The van der Waals surface area contributed by atoms with E-state index in [1.807, 2.05) is 0 Å². The second-order valence-electron chi connectivity index (χ2n) is 7.01. The van der Waals surface area contributed by atoms with Gasteiger partial charge in [-0.3, -0.25) is 20.2 Å². The van der Waals surface area contributed by atoms with Gasteiger partial charge in [-0.15, -0.1) is 0 Å². The molecular weight excluding hydrogens is 447 g/mol. The lowest BCUT2D eigenvalue weighted by Gasteiger charge is -2.10. The zero-order valence-electron chi connectivity index (χ0n) is 16.2. The Kier molecular flexibility index (Phi) is 4.92. The van der Waals surface area contributed by atoms with Crippen LogP contribution in [0.1, 0.15) is 27.0 Å². The van der Waals surface area contributed by atoms with Gasteiger partial charge in [0, 0.05) is 35.4 Å². The van der Waals surface area contributed by atoms with E-state index in [-0.39, 0.29) is 33.9 Å². The van der Waals surface area contributed by atoms with E-state index in [1.165, 1.54) is 24.3 Å². The molecule has 166 valence electrons. The summed E-state index contributed by atoms with van der Waals surface area (Å²) in [5.41, 5.74) is -1.76. The molecule has 1 aliphatic rings. The van der Waals surface area contributed by atoms with Crippen LogP contribution in [0.15, 0.2) is 59.6 Å². The first-order valence-corrected chi connectivity index (χ1v) is 9.08. The molecule has 0 spiro atoms. The van der Waals surface area contributed by atoms with E-state index in [4.69, 9.17) is 0 Å². The predicted molar refractivity (Wildman–Crippen MR) is 109 cm³/mol. The van der Waals surface area contributed by atoms with Crippen molar-refractivity contribution in [2.45, 2.75) is 6.18 Å². The number of hydrogen-bond donors (Lipinski definition) is 1. The number of nitrogens with zero attached hydrogens (tertiary/aromatic N) is 3. The maximum absolute atomic E-state index is 13.3. The minimum Gasteiger partial charge on any atom is -0.478 e. The predicted octanol–water partition coefficient (Wildman–Crippen LogP) is 5.37. The maximum Gasteiger partial charge on any atom is 0.416 e. The molecule has 0 heterocycles. The summed E-state index contributed by atoms with van der Waals surface area (Å²) in [6, 6.07) is 9.59. The van der Waals surface area contributed by atoms with Crippen LogP contribution in [0.5, 0.6) is 0 Å². The number of benzene rings is 3. The number of nitro groups is 2. The number of halogens is 3. The van der Waals surface area contributed by atoms with Crippen LogP contribution in [0.4, 0.5) is 30.2 Å². The van der Waals surface area contributed by atoms with Crippen molar-refractivity contribution in [3.8, 4) is 11.1 Å². The molecule has 4 rings (SSSR count). The number of aromatic carboxylic acids is 1. The highest BCUT2D eigenvalue weighted by molar-refractivity contribution is 6.25. The van der Waals surface area contributed by atoms with Crippen LogP contribution < -0.4 is 0 Å². The lowest BCUT2D eigenvalue weighted by Crippen LogP contribution is -2.07. The summed E-state index contributed by atoms with van der Waals surface area (Å²) in [6.07, 6.45) is -4.86. The number of fused-ring (bicyclic) bond motifs is 3. The molecular formula is C21H10F3N3O6. The van der Waals surface area contributed by atoms with Crippen LogP contribution in [0.3, 0.4) is 0 Å². The fraction of sp³-hybridized carbons (Fsp3) is 0.0476. The van der Waals surface area contributed by atoms with Gasteiger partial charge in [0.05, 0.1) is 32.4 Å². The van der Waals surface area contributed by atoms with Crippen LogP contribution in [-0.2, 0) is 6.18 Å². The minimum absolute atomic E-state index is 0.0527. The Labute approximate surface area is 181 Å². The molecule has 0 amide bonds. The van der Waals surface area contributed by atoms with Crippen LogP contribution in [0, 0.1) is 20.2 Å². The fourth-order valence-electron chi connectivity index (χ4n) is 3.51. The third-order valence-corrected chi connectivity index (χ3v) is 4.96. The molecule has 0 unspecified atom stereocenters. The van der Waals surface area contributed by atoms with Gasteiger partial charge in [-0.25, -0.2) is 9.79 Å². The molecule has 0 radical (unpaired) electrons. The monoisotopic (exact) mass is 457 g/mol. The van der Waals surface area contributed by atoms with E-state index >= 15 is 0 Å². The molecule has 9 nitrogen and oxygen atoms in total. The molecule has 3 aromatic carbocycles. The third-order valence-electron chi connectivity index (χ3n) is 4.96. The van der Waals surface area contributed by atoms with Crippen molar-refractivity contribution >= 4 is 28.7 Å². The first-order chi connectivity index (χ1) is 15.5. The molecule has 0 saturated heterocycles. The van der Waals surface area contributed by atoms with E-state index in [9.17, 15) is 43.3 Å². The summed E-state index contributed by atoms with van der Waals surface area (Å²) >= 11 is 0. The van der Waals surface area contributed by atoms with E-state index in [0.717, 1.165) is 18.2 Å². The quantitative estimate of drug-likeness (QED) is 0.323. The largest absolute Gasteiger partial charge is 0.478 e. The van der Waals surface area contributed by atoms with E-state index in [0.29, 0.717) is 23.3 Å². The number of alkyl halides is 3. The summed E-state index contributed by atoms with van der Waals surface area (Å²) in [4.78, 5) is 36.7. The summed E-state index contributed by atoms with van der Waals surface area (Å²) in [7, 11) is 0. The molecule has 0 aromatic heterocycles. The van der Waals surface area contributed by atoms with Crippen LogP contribution in [-0.4, -0.2) is 26.6 Å². The second-order valence-corrected chi connectivity index (χ2v) is 7.01. The van der Waals surface area contributed by atoms with Crippen molar-refractivity contribution in [1.29, 1.82) is 0 Å². The van der Waals surface area contributed by atoms with Crippen molar-refractivity contribution < 1.29 is 32.9 Å². The number of hydrogen-bond acceptors (Lipinski definition) is 6. The average molecular weight is 457 g/mol. The number of carboxylic acids is 1. The van der Waals surface area contributed by atoms with Gasteiger partial charge in [0.15, 0.2) is 0 Å². The highest BCUT2D eigenvalue weighted by Gasteiger charge is 2.33. The average Bonchev–Trinajstić information content (AvgIpc) is 3.05. The standard InChI is InChI=1S/C21H10F3N3O6/c22-21(23,24)11-5-10(20(28)29)6-12(7-11)25-19-17-8-13(26(30)31)1-3-15(17)16-4-2-14(27(32)33)9-18(16)19/h1-9H,(H,28,29). The fourth-order valence-corrected chi connectivity index (χ4v) is 3.51. The molecule has 0 atom stereocenters. The number of aliphatic imine (C=N–C) groups is 1. The first kappa shape index (κ1) is 21.6. The molecule has 0 aliphatic heterocycles. The van der Waals surface area contributed by atoms with Crippen molar-refractivity contribution in [3.63, 3.8) is 0 Å². The number of non-ortho nitro benzene ring substituents is 2. The molecule has 33 heavy (non-hydrogen) atoms. The molecule has 1 aliphatic carbocycles. The van der Waals surface area contributed by atoms with Crippen molar-refractivity contribution in [2.75, 3.05) is 0 Å². The lowest BCUT2D eigenvalue weighted by molar-refractivity contribution is -0.385. The van der Waals surface area contributed by atoms with Gasteiger partial charge in [-0.05, 0) is 41.5 Å². The summed E-state index contributed by atoms with van der Waals surface area (Å²) < 4.78 is 39.9. The number of rotatable bonds is 4.